The van der Waals surface area contributed by atoms with Crippen LogP contribution in [0.5, 0.6) is 0 Å². The quantitative estimate of drug-likeness (QED) is 0.839. The summed E-state index contributed by atoms with van der Waals surface area (Å²) in [7, 11) is 0. The van der Waals surface area contributed by atoms with Gasteiger partial charge in [-0.05, 0) is 63.5 Å². The summed E-state index contributed by atoms with van der Waals surface area (Å²) >= 11 is 0. The highest BCUT2D eigenvalue weighted by Gasteiger charge is 2.15. The normalized spacial score (nSPS) is 17.4. The van der Waals surface area contributed by atoms with Gasteiger partial charge in [0.05, 0.1) is 0 Å². The highest BCUT2D eigenvalue weighted by atomic mass is 16.1. The Morgan fingerprint density at radius 2 is 2.10 bits per heavy atom. The van der Waals surface area contributed by atoms with Crippen molar-refractivity contribution in [1.82, 2.24) is 10.2 Å². The number of likely N-dealkylation sites (tertiary alicyclic amines) is 1. The van der Waals surface area contributed by atoms with E-state index in [4.69, 9.17) is 5.73 Å². The number of amides is 1. The summed E-state index contributed by atoms with van der Waals surface area (Å²) in [5, 5.41) is 3.10. The number of nitrogens with two attached hydrogens (primary N) is 1. The van der Waals surface area contributed by atoms with Gasteiger partial charge in [0.25, 0.3) is 5.91 Å². The Bertz CT molecular complexity index is 455. The van der Waals surface area contributed by atoms with E-state index < -0.39 is 0 Å². The summed E-state index contributed by atoms with van der Waals surface area (Å²) in [6, 6.07) is 7.92. The Labute approximate surface area is 127 Å². The standard InChI is InChI=1S/C17H27N3O/c1-14(13-20-10-3-2-4-11-20)19-17(21)16-7-5-6-15(12-16)8-9-18/h5-7,12,14H,2-4,8-11,13,18H2,1H3,(H,19,21). The maximum atomic E-state index is 12.3. The van der Waals surface area contributed by atoms with Gasteiger partial charge in [0.1, 0.15) is 0 Å². The second-order valence-electron chi connectivity index (χ2n) is 5.97. The number of carbonyl (C=O) groups is 1. The van der Waals surface area contributed by atoms with Gasteiger partial charge in [-0.3, -0.25) is 4.79 Å². The zero-order chi connectivity index (χ0) is 15.1. The fraction of sp³-hybridized carbons (Fsp3) is 0.588. The number of nitrogens with one attached hydrogen (secondary N) is 1. The Morgan fingerprint density at radius 3 is 2.81 bits per heavy atom. The van der Waals surface area contributed by atoms with Crippen LogP contribution in [0.15, 0.2) is 24.3 Å². The fourth-order valence-electron chi connectivity index (χ4n) is 2.92. The van der Waals surface area contributed by atoms with Crippen molar-refractivity contribution < 1.29 is 4.79 Å². The Balaban J connectivity index is 1.86. The van der Waals surface area contributed by atoms with Crippen molar-refractivity contribution in [3.8, 4) is 0 Å². The monoisotopic (exact) mass is 289 g/mol. The van der Waals surface area contributed by atoms with Crippen LogP contribution in [0.1, 0.15) is 42.1 Å². The van der Waals surface area contributed by atoms with Crippen LogP contribution in [0.4, 0.5) is 0 Å². The Kier molecular flexibility index (Phi) is 6.21. The molecule has 1 aliphatic rings. The first-order valence-electron chi connectivity index (χ1n) is 8.01. The molecule has 0 saturated carbocycles. The van der Waals surface area contributed by atoms with Crippen LogP contribution in [-0.2, 0) is 6.42 Å². The number of piperidine rings is 1. The summed E-state index contributed by atoms with van der Waals surface area (Å²) in [5.41, 5.74) is 7.41. The lowest BCUT2D eigenvalue weighted by atomic mass is 10.1. The zero-order valence-corrected chi connectivity index (χ0v) is 13.0. The van der Waals surface area contributed by atoms with Crippen molar-refractivity contribution in [1.29, 1.82) is 0 Å². The van der Waals surface area contributed by atoms with E-state index >= 15 is 0 Å². The molecule has 1 heterocycles. The van der Waals surface area contributed by atoms with E-state index in [1.165, 1.54) is 19.3 Å². The maximum absolute atomic E-state index is 12.3. The average molecular weight is 289 g/mol. The topological polar surface area (TPSA) is 58.4 Å². The molecule has 1 saturated heterocycles. The molecule has 2 rings (SSSR count). The summed E-state index contributed by atoms with van der Waals surface area (Å²) in [5.74, 6) is 0.0124. The van der Waals surface area contributed by atoms with Crippen LogP contribution in [0.2, 0.25) is 0 Å². The van der Waals surface area contributed by atoms with E-state index in [2.05, 4.69) is 17.1 Å². The summed E-state index contributed by atoms with van der Waals surface area (Å²) < 4.78 is 0. The number of hydrogen-bond donors (Lipinski definition) is 2. The highest BCUT2D eigenvalue weighted by Crippen LogP contribution is 2.10. The van der Waals surface area contributed by atoms with E-state index in [1.807, 2.05) is 24.3 Å². The predicted octanol–water partition coefficient (Wildman–Crippen LogP) is 1.79. The van der Waals surface area contributed by atoms with E-state index in [1.54, 1.807) is 0 Å². The second kappa shape index (κ2) is 8.15. The molecule has 1 amide bonds. The van der Waals surface area contributed by atoms with Crippen LogP contribution in [-0.4, -0.2) is 43.0 Å². The van der Waals surface area contributed by atoms with Crippen LogP contribution >= 0.6 is 0 Å². The third-order valence-electron chi connectivity index (χ3n) is 3.98. The maximum Gasteiger partial charge on any atom is 0.251 e. The predicted molar refractivity (Wildman–Crippen MR) is 86.4 cm³/mol. The van der Waals surface area contributed by atoms with Gasteiger partial charge in [0.2, 0.25) is 0 Å². The van der Waals surface area contributed by atoms with E-state index in [9.17, 15) is 4.79 Å². The molecule has 4 nitrogen and oxygen atoms in total. The van der Waals surface area contributed by atoms with Gasteiger partial charge in [-0.25, -0.2) is 0 Å². The summed E-state index contributed by atoms with van der Waals surface area (Å²) in [6.07, 6.45) is 4.71. The third-order valence-corrected chi connectivity index (χ3v) is 3.98. The number of carbonyl (C=O) groups excluding carboxylic acids is 1. The number of hydrogen-bond acceptors (Lipinski definition) is 3. The molecule has 0 spiro atoms. The van der Waals surface area contributed by atoms with Gasteiger partial charge in [0.15, 0.2) is 0 Å². The molecular weight excluding hydrogens is 262 g/mol. The van der Waals surface area contributed by atoms with E-state index in [0.29, 0.717) is 6.54 Å². The molecule has 1 aromatic rings. The molecule has 1 aromatic carbocycles. The lowest BCUT2D eigenvalue weighted by Crippen LogP contribution is -2.43. The molecule has 0 bridgehead atoms. The van der Waals surface area contributed by atoms with Crippen molar-refractivity contribution in [2.45, 2.75) is 38.6 Å². The van der Waals surface area contributed by atoms with Crippen molar-refractivity contribution in [3.63, 3.8) is 0 Å². The number of rotatable bonds is 6. The van der Waals surface area contributed by atoms with E-state index in [-0.39, 0.29) is 11.9 Å². The summed E-state index contributed by atoms with van der Waals surface area (Å²) in [4.78, 5) is 14.7. The first-order valence-corrected chi connectivity index (χ1v) is 8.01. The molecule has 21 heavy (non-hydrogen) atoms. The zero-order valence-electron chi connectivity index (χ0n) is 13.0. The van der Waals surface area contributed by atoms with Crippen molar-refractivity contribution in [2.75, 3.05) is 26.2 Å². The van der Waals surface area contributed by atoms with Gasteiger partial charge in [-0.15, -0.1) is 0 Å². The molecule has 1 fully saturated rings. The van der Waals surface area contributed by atoms with Crippen molar-refractivity contribution in [3.05, 3.63) is 35.4 Å². The minimum atomic E-state index is 0.0124. The minimum Gasteiger partial charge on any atom is -0.348 e. The lowest BCUT2D eigenvalue weighted by molar-refractivity contribution is 0.0925. The molecule has 0 radical (unpaired) electrons. The number of nitrogens with zero attached hydrogens (tertiary/aromatic N) is 1. The molecule has 1 aliphatic heterocycles. The van der Waals surface area contributed by atoms with Crippen LogP contribution in [0.25, 0.3) is 0 Å². The van der Waals surface area contributed by atoms with Gasteiger partial charge >= 0.3 is 0 Å². The molecule has 0 aromatic heterocycles. The second-order valence-corrected chi connectivity index (χ2v) is 5.97. The minimum absolute atomic E-state index is 0.0124. The highest BCUT2D eigenvalue weighted by molar-refractivity contribution is 5.94. The Morgan fingerprint density at radius 1 is 1.33 bits per heavy atom. The van der Waals surface area contributed by atoms with Crippen LogP contribution < -0.4 is 11.1 Å². The van der Waals surface area contributed by atoms with Crippen LogP contribution in [0.3, 0.4) is 0 Å². The fourth-order valence-corrected chi connectivity index (χ4v) is 2.92. The molecule has 1 atom stereocenters. The first kappa shape index (κ1) is 16.0. The lowest BCUT2D eigenvalue weighted by Gasteiger charge is -2.29. The third kappa shape index (κ3) is 5.14. The van der Waals surface area contributed by atoms with Crippen LogP contribution in [0, 0.1) is 0 Å². The van der Waals surface area contributed by atoms with Crippen molar-refractivity contribution >= 4 is 5.91 Å². The SMILES string of the molecule is CC(CN1CCCCC1)NC(=O)c1cccc(CCN)c1. The van der Waals surface area contributed by atoms with E-state index in [0.717, 1.165) is 37.2 Å². The van der Waals surface area contributed by atoms with Gasteiger partial charge in [-0.1, -0.05) is 18.6 Å². The van der Waals surface area contributed by atoms with Gasteiger partial charge < -0.3 is 16.0 Å². The molecule has 0 aliphatic carbocycles. The molecule has 1 unspecified atom stereocenters. The first-order chi connectivity index (χ1) is 10.2. The molecule has 3 N–H and O–H groups in total. The van der Waals surface area contributed by atoms with Crippen molar-refractivity contribution in [2.24, 2.45) is 5.73 Å². The molecular formula is C17H27N3O. The summed E-state index contributed by atoms with van der Waals surface area (Å²) in [6.45, 7) is 5.94. The molecule has 116 valence electrons. The average Bonchev–Trinajstić information content (AvgIpc) is 2.48. The van der Waals surface area contributed by atoms with Gasteiger partial charge in [0, 0.05) is 18.2 Å². The largest absolute Gasteiger partial charge is 0.348 e. The molecule has 4 heteroatoms. The smallest absolute Gasteiger partial charge is 0.251 e. The van der Waals surface area contributed by atoms with Gasteiger partial charge in [-0.2, -0.15) is 0 Å². The Hall–Kier alpha value is -1.39. The number of benzene rings is 1.